The summed E-state index contributed by atoms with van der Waals surface area (Å²) in [6, 6.07) is 1.48. The van der Waals surface area contributed by atoms with E-state index in [9.17, 15) is 0 Å². The summed E-state index contributed by atoms with van der Waals surface area (Å²) in [7, 11) is 0. The van der Waals surface area contributed by atoms with Crippen LogP contribution >= 0.6 is 15.9 Å². The van der Waals surface area contributed by atoms with E-state index in [1.807, 2.05) is 0 Å². The Balaban J connectivity index is 3.14. The maximum absolute atomic E-state index is 7.09. The Morgan fingerprint density at radius 1 is 1.88 bits per heavy atom. The molecule has 0 radical (unpaired) electrons. The maximum Gasteiger partial charge on any atom is 0.0412 e. The maximum atomic E-state index is 7.09. The number of aromatic nitrogens is 1. The van der Waals surface area contributed by atoms with E-state index in [2.05, 4.69) is 20.9 Å². The van der Waals surface area contributed by atoms with Gasteiger partial charge in [-0.2, -0.15) is 0 Å². The van der Waals surface area contributed by atoms with E-state index in [-0.39, 0.29) is 0 Å². The van der Waals surface area contributed by atoms with Gasteiger partial charge in [0, 0.05) is 21.0 Å². The summed E-state index contributed by atoms with van der Waals surface area (Å²) in [5.74, 6) is 0. The summed E-state index contributed by atoms with van der Waals surface area (Å²) in [5, 5.41) is 0. The molecule has 0 bridgehead atoms. The molecule has 0 aliphatic rings. The largest absolute Gasteiger partial charge is 0.264 e. The van der Waals surface area contributed by atoms with Crippen LogP contribution in [0.15, 0.2) is 22.9 Å². The van der Waals surface area contributed by atoms with E-state index in [1.165, 1.54) is 18.5 Å². The minimum absolute atomic E-state index is 0.299. The van der Waals surface area contributed by atoms with E-state index in [0.29, 0.717) is 10.0 Å². The van der Waals surface area contributed by atoms with Gasteiger partial charge in [-0.15, -0.1) is 0 Å². The average Bonchev–Trinajstić information content (AvgIpc) is 1.86. The van der Waals surface area contributed by atoms with Gasteiger partial charge < -0.3 is 0 Å². The first-order valence-corrected chi connectivity index (χ1v) is 2.91. The van der Waals surface area contributed by atoms with Crippen LogP contribution in [0.5, 0.6) is 0 Å². The standard InChI is InChI=1S/C6H6BrN/c1-5-2-3-8-4-6(5)7/h2-4H,1H3/i1D3. The van der Waals surface area contributed by atoms with Crippen LogP contribution in [0.2, 0.25) is 0 Å². The Morgan fingerprint density at radius 3 is 3.25 bits per heavy atom. The molecule has 2 heteroatoms. The van der Waals surface area contributed by atoms with Gasteiger partial charge >= 0.3 is 0 Å². The molecule has 0 aliphatic heterocycles. The van der Waals surface area contributed by atoms with E-state index in [1.54, 1.807) is 0 Å². The molecule has 1 aromatic rings. The van der Waals surface area contributed by atoms with Crippen LogP contribution in [0.4, 0.5) is 0 Å². The zero-order valence-corrected chi connectivity index (χ0v) is 5.64. The highest BCUT2D eigenvalue weighted by molar-refractivity contribution is 9.10. The van der Waals surface area contributed by atoms with Crippen molar-refractivity contribution < 1.29 is 4.11 Å². The van der Waals surface area contributed by atoms with Gasteiger partial charge in [-0.3, -0.25) is 4.98 Å². The van der Waals surface area contributed by atoms with Crippen LogP contribution in [0, 0.1) is 6.85 Å². The predicted octanol–water partition coefficient (Wildman–Crippen LogP) is 2.15. The Labute approximate surface area is 61.1 Å². The van der Waals surface area contributed by atoms with Crippen molar-refractivity contribution in [3.05, 3.63) is 28.5 Å². The smallest absolute Gasteiger partial charge is 0.0412 e. The van der Waals surface area contributed by atoms with Crippen LogP contribution in [0.3, 0.4) is 0 Å². The van der Waals surface area contributed by atoms with E-state index in [4.69, 9.17) is 4.11 Å². The minimum atomic E-state index is -2.05. The number of aryl methyl sites for hydroxylation is 1. The first kappa shape index (κ1) is 2.97. The lowest BCUT2D eigenvalue weighted by Gasteiger charge is -1.90. The summed E-state index contributed by atoms with van der Waals surface area (Å²) >= 11 is 3.11. The Bertz CT molecular complexity index is 258. The number of nitrogens with zero attached hydrogens (tertiary/aromatic N) is 1. The van der Waals surface area contributed by atoms with Crippen molar-refractivity contribution in [1.82, 2.24) is 4.98 Å². The fourth-order valence-corrected chi connectivity index (χ4v) is 0.626. The first-order chi connectivity index (χ1) is 5.02. The van der Waals surface area contributed by atoms with E-state index < -0.39 is 6.85 Å². The lowest BCUT2D eigenvalue weighted by Crippen LogP contribution is -1.74. The van der Waals surface area contributed by atoms with E-state index >= 15 is 0 Å². The molecule has 0 spiro atoms. The van der Waals surface area contributed by atoms with Crippen LogP contribution < -0.4 is 0 Å². The molecule has 0 saturated heterocycles. The molecule has 1 nitrogen and oxygen atoms in total. The average molecular weight is 175 g/mol. The molecule has 1 heterocycles. The fraction of sp³-hybridized carbons (Fsp3) is 0.167. The van der Waals surface area contributed by atoms with Crippen LogP contribution in [0.25, 0.3) is 0 Å². The van der Waals surface area contributed by atoms with Crippen LogP contribution in [-0.4, -0.2) is 4.98 Å². The topological polar surface area (TPSA) is 12.9 Å². The molecule has 0 unspecified atom stereocenters. The van der Waals surface area contributed by atoms with Crippen molar-refractivity contribution in [2.45, 2.75) is 6.85 Å². The van der Waals surface area contributed by atoms with Gasteiger partial charge in [-0.25, -0.2) is 0 Å². The molecule has 1 rings (SSSR count). The Kier molecular flexibility index (Phi) is 0.841. The van der Waals surface area contributed by atoms with Crippen molar-refractivity contribution in [3.63, 3.8) is 0 Å². The summed E-state index contributed by atoms with van der Waals surface area (Å²) in [6.07, 6.45) is 2.94. The molecule has 8 heavy (non-hydrogen) atoms. The number of rotatable bonds is 0. The fourth-order valence-electron chi connectivity index (χ4n) is 0.375. The number of hydrogen-bond acceptors (Lipinski definition) is 1. The van der Waals surface area contributed by atoms with Gasteiger partial charge in [0.15, 0.2) is 0 Å². The van der Waals surface area contributed by atoms with Gasteiger partial charge in [-0.1, -0.05) is 0 Å². The van der Waals surface area contributed by atoms with E-state index in [0.717, 1.165) is 0 Å². The lowest BCUT2D eigenvalue weighted by atomic mass is 10.3. The SMILES string of the molecule is [2H]C([2H])([2H])c1ccncc1Br. The third kappa shape index (κ3) is 1.07. The second kappa shape index (κ2) is 2.27. The third-order valence-electron chi connectivity index (χ3n) is 0.772. The monoisotopic (exact) mass is 174 g/mol. The van der Waals surface area contributed by atoms with Gasteiger partial charge in [0.2, 0.25) is 0 Å². The summed E-state index contributed by atoms with van der Waals surface area (Å²) in [4.78, 5) is 3.76. The number of halogens is 1. The minimum Gasteiger partial charge on any atom is -0.264 e. The normalized spacial score (nSPS) is 16.4. The molecular weight excluding hydrogens is 166 g/mol. The van der Waals surface area contributed by atoms with Crippen molar-refractivity contribution >= 4 is 15.9 Å². The van der Waals surface area contributed by atoms with Gasteiger partial charge in [0.05, 0.1) is 0 Å². The molecular formula is C6H6BrN. The van der Waals surface area contributed by atoms with Crippen molar-refractivity contribution in [2.24, 2.45) is 0 Å². The second-order valence-electron chi connectivity index (χ2n) is 1.36. The lowest BCUT2D eigenvalue weighted by molar-refractivity contribution is 1.26. The molecule has 0 fully saturated rings. The zero-order chi connectivity index (χ0) is 8.48. The third-order valence-corrected chi connectivity index (χ3v) is 1.40. The highest BCUT2D eigenvalue weighted by atomic mass is 79.9. The molecule has 0 aliphatic carbocycles. The molecule has 0 saturated carbocycles. The molecule has 0 amide bonds. The molecule has 0 atom stereocenters. The van der Waals surface area contributed by atoms with Crippen LogP contribution in [0.1, 0.15) is 9.68 Å². The molecule has 0 N–H and O–H groups in total. The Morgan fingerprint density at radius 2 is 2.75 bits per heavy atom. The van der Waals surface area contributed by atoms with Gasteiger partial charge in [-0.05, 0) is 34.4 Å². The molecule has 0 aromatic carbocycles. The zero-order valence-electron chi connectivity index (χ0n) is 7.06. The number of pyridine rings is 1. The molecule has 1 aromatic heterocycles. The highest BCUT2D eigenvalue weighted by Crippen LogP contribution is 2.11. The first-order valence-electron chi connectivity index (χ1n) is 3.62. The summed E-state index contributed by atoms with van der Waals surface area (Å²) < 4.78 is 21.8. The van der Waals surface area contributed by atoms with Gasteiger partial charge in [0.25, 0.3) is 0 Å². The van der Waals surface area contributed by atoms with Crippen LogP contribution in [-0.2, 0) is 0 Å². The van der Waals surface area contributed by atoms with Gasteiger partial charge in [0.1, 0.15) is 0 Å². The van der Waals surface area contributed by atoms with Crippen molar-refractivity contribution in [3.8, 4) is 0 Å². The predicted molar refractivity (Wildman–Crippen MR) is 36.7 cm³/mol. The molecule has 42 valence electrons. The van der Waals surface area contributed by atoms with Crippen molar-refractivity contribution in [2.75, 3.05) is 0 Å². The Hall–Kier alpha value is -0.370. The number of hydrogen-bond donors (Lipinski definition) is 0. The van der Waals surface area contributed by atoms with Crippen molar-refractivity contribution in [1.29, 1.82) is 0 Å². The second-order valence-corrected chi connectivity index (χ2v) is 2.21. The summed E-state index contributed by atoms with van der Waals surface area (Å²) in [6.45, 7) is -2.05. The highest BCUT2D eigenvalue weighted by Gasteiger charge is 1.87. The quantitative estimate of drug-likeness (QED) is 0.588. The summed E-state index contributed by atoms with van der Waals surface area (Å²) in [5.41, 5.74) is 0.299.